The maximum Gasteiger partial charge on any atom is 0.119 e. The Morgan fingerprint density at radius 2 is 1.59 bits per heavy atom. The molecule has 2 rings (SSSR count). The van der Waals surface area contributed by atoms with Crippen molar-refractivity contribution in [2.24, 2.45) is 0 Å². The molecule has 4 heteroatoms. The minimum Gasteiger partial charge on any atom is -0.491 e. The minimum absolute atomic E-state index is 0.0382. The van der Waals surface area contributed by atoms with Crippen LogP contribution in [0.3, 0.4) is 0 Å². The summed E-state index contributed by atoms with van der Waals surface area (Å²) in [5.41, 5.74) is 3.23. The number of aliphatic hydroxyl groups excluding tert-OH is 1. The number of ether oxygens (including phenoxy) is 1. The average molecular weight is 301 g/mol. The van der Waals surface area contributed by atoms with E-state index in [0.717, 1.165) is 16.8 Å². The van der Waals surface area contributed by atoms with Crippen molar-refractivity contribution < 1.29 is 14.2 Å². The van der Waals surface area contributed by atoms with E-state index in [1.807, 2.05) is 55.6 Å². The van der Waals surface area contributed by atoms with Crippen molar-refractivity contribution in [1.82, 2.24) is 0 Å². The molecule has 2 aromatic rings. The summed E-state index contributed by atoms with van der Waals surface area (Å²) >= 11 is 0. The molecule has 1 unspecified atom stereocenters. The van der Waals surface area contributed by atoms with Crippen molar-refractivity contribution in [3.05, 3.63) is 59.7 Å². The van der Waals surface area contributed by atoms with Crippen molar-refractivity contribution in [3.8, 4) is 5.75 Å². The third kappa shape index (κ3) is 4.90. The Bertz CT molecular complexity index is 593. The van der Waals surface area contributed by atoms with E-state index in [1.165, 1.54) is 0 Å². The SMILES string of the molecule is CNc1ccc(C=Cc2ccc(OCC(O)CF)cc2)cc1. The number of rotatable bonds is 7. The molecule has 0 amide bonds. The van der Waals surface area contributed by atoms with Gasteiger partial charge in [-0.2, -0.15) is 0 Å². The van der Waals surface area contributed by atoms with Crippen molar-refractivity contribution in [2.45, 2.75) is 6.10 Å². The van der Waals surface area contributed by atoms with Crippen LogP contribution in [0.1, 0.15) is 11.1 Å². The zero-order valence-electron chi connectivity index (χ0n) is 12.5. The average Bonchev–Trinajstić information content (AvgIpc) is 2.59. The van der Waals surface area contributed by atoms with Crippen LogP contribution in [0.15, 0.2) is 48.5 Å². The fourth-order valence-electron chi connectivity index (χ4n) is 1.87. The van der Waals surface area contributed by atoms with E-state index >= 15 is 0 Å². The first-order valence-corrected chi connectivity index (χ1v) is 7.14. The van der Waals surface area contributed by atoms with E-state index in [1.54, 1.807) is 12.1 Å². The Morgan fingerprint density at radius 3 is 2.09 bits per heavy atom. The van der Waals surface area contributed by atoms with E-state index in [4.69, 9.17) is 9.84 Å². The fraction of sp³-hybridized carbons (Fsp3) is 0.222. The quantitative estimate of drug-likeness (QED) is 0.768. The maximum absolute atomic E-state index is 12.1. The summed E-state index contributed by atoms with van der Waals surface area (Å²) in [6.45, 7) is -0.837. The van der Waals surface area contributed by atoms with Crippen LogP contribution in [0.5, 0.6) is 5.75 Å². The van der Waals surface area contributed by atoms with Gasteiger partial charge in [-0.05, 0) is 35.4 Å². The molecule has 0 heterocycles. The molecule has 0 aliphatic rings. The highest BCUT2D eigenvalue weighted by atomic mass is 19.1. The number of anilines is 1. The number of halogens is 1. The van der Waals surface area contributed by atoms with Gasteiger partial charge in [-0.15, -0.1) is 0 Å². The van der Waals surface area contributed by atoms with Gasteiger partial charge >= 0.3 is 0 Å². The zero-order valence-corrected chi connectivity index (χ0v) is 12.5. The van der Waals surface area contributed by atoms with Gasteiger partial charge in [0.25, 0.3) is 0 Å². The molecule has 1 atom stereocenters. The molecule has 0 saturated carbocycles. The third-order valence-electron chi connectivity index (χ3n) is 3.17. The highest BCUT2D eigenvalue weighted by molar-refractivity contribution is 5.70. The monoisotopic (exact) mass is 301 g/mol. The summed E-state index contributed by atoms with van der Waals surface area (Å²) in [4.78, 5) is 0. The molecule has 3 nitrogen and oxygen atoms in total. The highest BCUT2D eigenvalue weighted by Crippen LogP contribution is 2.16. The van der Waals surface area contributed by atoms with Gasteiger partial charge in [0.2, 0.25) is 0 Å². The van der Waals surface area contributed by atoms with Crippen molar-refractivity contribution in [3.63, 3.8) is 0 Å². The lowest BCUT2D eigenvalue weighted by Gasteiger charge is -2.09. The summed E-state index contributed by atoms with van der Waals surface area (Å²) < 4.78 is 17.4. The Hall–Kier alpha value is -2.33. The third-order valence-corrected chi connectivity index (χ3v) is 3.17. The lowest BCUT2D eigenvalue weighted by Crippen LogP contribution is -2.19. The largest absolute Gasteiger partial charge is 0.491 e. The molecule has 0 aromatic heterocycles. The van der Waals surface area contributed by atoms with Crippen LogP contribution in [-0.4, -0.2) is 31.5 Å². The molecule has 2 N–H and O–H groups in total. The molecule has 0 spiro atoms. The van der Waals surface area contributed by atoms with Crippen LogP contribution in [0, 0.1) is 0 Å². The summed E-state index contributed by atoms with van der Waals surface area (Å²) in [7, 11) is 1.89. The molecule has 0 saturated heterocycles. The first-order chi connectivity index (χ1) is 10.7. The molecule has 116 valence electrons. The number of alkyl halides is 1. The minimum atomic E-state index is -1.07. The van der Waals surface area contributed by atoms with Crippen molar-refractivity contribution >= 4 is 17.8 Å². The Morgan fingerprint density at radius 1 is 1.05 bits per heavy atom. The van der Waals surface area contributed by atoms with Gasteiger partial charge in [0.05, 0.1) is 0 Å². The molecule has 0 bridgehead atoms. The molecule has 0 radical (unpaired) electrons. The molecule has 22 heavy (non-hydrogen) atoms. The zero-order chi connectivity index (χ0) is 15.8. The summed E-state index contributed by atoms with van der Waals surface area (Å²) in [6.07, 6.45) is 2.97. The first-order valence-electron chi connectivity index (χ1n) is 7.14. The predicted molar refractivity (Wildman–Crippen MR) is 88.8 cm³/mol. The number of benzene rings is 2. The lowest BCUT2D eigenvalue weighted by molar-refractivity contribution is 0.0842. The Balaban J connectivity index is 1.93. The van der Waals surface area contributed by atoms with Gasteiger partial charge in [0.1, 0.15) is 25.1 Å². The highest BCUT2D eigenvalue weighted by Gasteiger charge is 2.03. The van der Waals surface area contributed by atoms with E-state index in [9.17, 15) is 4.39 Å². The molecule has 0 aliphatic carbocycles. The van der Waals surface area contributed by atoms with Gasteiger partial charge in [-0.25, -0.2) is 4.39 Å². The predicted octanol–water partition coefficient (Wildman–Crippen LogP) is 3.61. The van der Waals surface area contributed by atoms with Crippen LogP contribution >= 0.6 is 0 Å². The van der Waals surface area contributed by atoms with Crippen LogP contribution in [-0.2, 0) is 0 Å². The standard InChI is InChI=1S/C18H20FNO2/c1-20-16-8-4-14(5-9-16)2-3-15-6-10-18(11-7-15)22-13-17(21)12-19/h2-11,17,20-21H,12-13H2,1H3. The van der Waals surface area contributed by atoms with Crippen LogP contribution in [0.25, 0.3) is 12.2 Å². The van der Waals surface area contributed by atoms with Crippen molar-refractivity contribution in [1.29, 1.82) is 0 Å². The molecule has 0 aliphatic heterocycles. The lowest BCUT2D eigenvalue weighted by atomic mass is 10.1. The van der Waals surface area contributed by atoms with Gasteiger partial charge in [0, 0.05) is 12.7 Å². The summed E-state index contributed by atoms with van der Waals surface area (Å²) in [6, 6.07) is 15.5. The van der Waals surface area contributed by atoms with Gasteiger partial charge in [0.15, 0.2) is 0 Å². The number of aliphatic hydroxyl groups is 1. The van der Waals surface area contributed by atoms with Gasteiger partial charge in [-0.3, -0.25) is 0 Å². The molecule has 0 fully saturated rings. The van der Waals surface area contributed by atoms with E-state index in [-0.39, 0.29) is 6.61 Å². The fourth-order valence-corrected chi connectivity index (χ4v) is 1.87. The summed E-state index contributed by atoms with van der Waals surface area (Å²) in [5, 5.41) is 12.2. The van der Waals surface area contributed by atoms with E-state index in [0.29, 0.717) is 5.75 Å². The van der Waals surface area contributed by atoms with Crippen LogP contribution in [0.4, 0.5) is 10.1 Å². The second-order valence-corrected chi connectivity index (χ2v) is 4.89. The number of nitrogens with one attached hydrogen (secondary N) is 1. The van der Waals surface area contributed by atoms with E-state index < -0.39 is 12.8 Å². The smallest absolute Gasteiger partial charge is 0.119 e. The van der Waals surface area contributed by atoms with Gasteiger partial charge < -0.3 is 15.2 Å². The Kier molecular flexibility index (Phi) is 5.98. The van der Waals surface area contributed by atoms with E-state index in [2.05, 4.69) is 5.32 Å². The maximum atomic E-state index is 12.1. The molecular weight excluding hydrogens is 281 g/mol. The topological polar surface area (TPSA) is 41.5 Å². The second kappa shape index (κ2) is 8.20. The number of hydrogen-bond acceptors (Lipinski definition) is 3. The summed E-state index contributed by atoms with van der Waals surface area (Å²) in [5.74, 6) is 0.614. The molecular formula is C18H20FNO2. The number of hydrogen-bond donors (Lipinski definition) is 2. The normalized spacial score (nSPS) is 12.3. The van der Waals surface area contributed by atoms with Crippen LogP contribution in [0.2, 0.25) is 0 Å². The first kappa shape index (κ1) is 16.0. The Labute approximate surface area is 130 Å². The molecule has 2 aromatic carbocycles. The van der Waals surface area contributed by atoms with Gasteiger partial charge in [-0.1, -0.05) is 36.4 Å². The van der Waals surface area contributed by atoms with Crippen LogP contribution < -0.4 is 10.1 Å². The second-order valence-electron chi connectivity index (χ2n) is 4.89. The van der Waals surface area contributed by atoms with Crippen molar-refractivity contribution in [2.75, 3.05) is 25.6 Å².